The van der Waals surface area contributed by atoms with Gasteiger partial charge in [-0.25, -0.2) is 4.98 Å². The summed E-state index contributed by atoms with van der Waals surface area (Å²) in [5.74, 6) is 3.28. The fourth-order valence-electron chi connectivity index (χ4n) is 6.17. The Kier molecular flexibility index (Phi) is 4.71. The summed E-state index contributed by atoms with van der Waals surface area (Å²) in [6.07, 6.45) is 10.1. The number of rotatable bonds is 2. The standard InChI is InChI=1S/C24H37NO2/c1-15-11-12-18-17(13-15)21-19(26)14-20(25-22(21)27-24(18,4)5)23(2,3)16-9-7-6-8-10-16/h14-18H,6-13H2,1-5H3,(H,25,26)/t15-,17?,18?/m0/s1. The Morgan fingerprint density at radius 3 is 2.52 bits per heavy atom. The highest BCUT2D eigenvalue weighted by molar-refractivity contribution is 5.48. The van der Waals surface area contributed by atoms with Gasteiger partial charge in [-0.2, -0.15) is 0 Å². The molecule has 1 aliphatic heterocycles. The zero-order chi connectivity index (χ0) is 19.4. The van der Waals surface area contributed by atoms with E-state index in [0.29, 0.717) is 35.3 Å². The van der Waals surface area contributed by atoms with Gasteiger partial charge in [0.1, 0.15) is 11.4 Å². The highest BCUT2D eigenvalue weighted by Gasteiger charge is 2.48. The first-order valence-corrected chi connectivity index (χ1v) is 11.1. The van der Waals surface area contributed by atoms with Crippen LogP contribution in [0.15, 0.2) is 6.07 Å². The lowest BCUT2D eigenvalue weighted by Gasteiger charge is -2.48. The fraction of sp³-hybridized carbons (Fsp3) is 0.792. The summed E-state index contributed by atoms with van der Waals surface area (Å²) in [4.78, 5) is 5.05. The van der Waals surface area contributed by atoms with Crippen molar-refractivity contribution in [1.29, 1.82) is 0 Å². The van der Waals surface area contributed by atoms with Crippen LogP contribution >= 0.6 is 0 Å². The lowest BCUT2D eigenvalue weighted by Crippen LogP contribution is -2.47. The molecule has 2 saturated carbocycles. The second-order valence-corrected chi connectivity index (χ2v) is 10.6. The monoisotopic (exact) mass is 371 g/mol. The molecule has 27 heavy (non-hydrogen) atoms. The third-order valence-electron chi connectivity index (χ3n) is 8.02. The molecule has 1 N–H and O–H groups in total. The Morgan fingerprint density at radius 1 is 1.11 bits per heavy atom. The van der Waals surface area contributed by atoms with Crippen LogP contribution in [0.4, 0.5) is 0 Å². The van der Waals surface area contributed by atoms with Crippen molar-refractivity contribution in [1.82, 2.24) is 4.98 Å². The molecule has 150 valence electrons. The minimum absolute atomic E-state index is 0.0306. The van der Waals surface area contributed by atoms with Gasteiger partial charge >= 0.3 is 0 Å². The molecule has 2 unspecified atom stereocenters. The molecule has 0 spiro atoms. The SMILES string of the molecule is C[C@H]1CCC2C(C1)c1c(O)cc(C(C)(C)C3CCCCC3)nc1OC2(C)C. The van der Waals surface area contributed by atoms with E-state index in [4.69, 9.17) is 9.72 Å². The molecule has 0 saturated heterocycles. The molecule has 3 atom stereocenters. The van der Waals surface area contributed by atoms with Crippen LogP contribution in [-0.2, 0) is 5.41 Å². The van der Waals surface area contributed by atoms with E-state index >= 15 is 0 Å². The van der Waals surface area contributed by atoms with Crippen molar-refractivity contribution >= 4 is 0 Å². The molecule has 2 heterocycles. The van der Waals surface area contributed by atoms with Gasteiger partial charge in [0.2, 0.25) is 5.88 Å². The van der Waals surface area contributed by atoms with E-state index in [2.05, 4.69) is 34.6 Å². The van der Waals surface area contributed by atoms with Gasteiger partial charge in [0.25, 0.3) is 0 Å². The number of aromatic nitrogens is 1. The molecule has 0 radical (unpaired) electrons. The molecule has 0 amide bonds. The highest BCUT2D eigenvalue weighted by atomic mass is 16.5. The van der Waals surface area contributed by atoms with Crippen LogP contribution in [0.3, 0.4) is 0 Å². The molecule has 2 aliphatic carbocycles. The number of aromatic hydroxyl groups is 1. The Balaban J connectivity index is 1.74. The number of nitrogens with zero attached hydrogens (tertiary/aromatic N) is 1. The maximum absolute atomic E-state index is 11.1. The zero-order valence-corrected chi connectivity index (χ0v) is 17.8. The van der Waals surface area contributed by atoms with Crippen LogP contribution in [0, 0.1) is 17.8 Å². The van der Waals surface area contributed by atoms with Crippen LogP contribution in [0.1, 0.15) is 103 Å². The van der Waals surface area contributed by atoms with Gasteiger partial charge in [0.05, 0.1) is 11.3 Å². The fourth-order valence-corrected chi connectivity index (χ4v) is 6.17. The highest BCUT2D eigenvalue weighted by Crippen LogP contribution is 2.55. The molecule has 4 rings (SSSR count). The second-order valence-electron chi connectivity index (χ2n) is 10.6. The largest absolute Gasteiger partial charge is 0.507 e. The number of fused-ring (bicyclic) bond motifs is 3. The summed E-state index contributed by atoms with van der Waals surface area (Å²) in [7, 11) is 0. The average molecular weight is 372 g/mol. The summed E-state index contributed by atoms with van der Waals surface area (Å²) in [5.41, 5.74) is 1.74. The van der Waals surface area contributed by atoms with Gasteiger partial charge < -0.3 is 9.84 Å². The summed E-state index contributed by atoms with van der Waals surface area (Å²) in [6, 6.07) is 1.96. The number of pyridine rings is 1. The average Bonchev–Trinajstić information content (AvgIpc) is 2.61. The predicted octanol–water partition coefficient (Wildman–Crippen LogP) is 6.34. The zero-order valence-electron chi connectivity index (χ0n) is 17.8. The van der Waals surface area contributed by atoms with Gasteiger partial charge in [-0.15, -0.1) is 0 Å². The van der Waals surface area contributed by atoms with Crippen molar-refractivity contribution in [3.8, 4) is 11.6 Å². The van der Waals surface area contributed by atoms with Gasteiger partial charge in [0, 0.05) is 17.4 Å². The van der Waals surface area contributed by atoms with E-state index in [9.17, 15) is 5.11 Å². The Bertz CT molecular complexity index is 703. The topological polar surface area (TPSA) is 42.4 Å². The van der Waals surface area contributed by atoms with E-state index in [1.165, 1.54) is 44.9 Å². The van der Waals surface area contributed by atoms with Gasteiger partial charge in [-0.05, 0) is 57.3 Å². The van der Waals surface area contributed by atoms with Gasteiger partial charge in [-0.3, -0.25) is 0 Å². The molecule has 1 aromatic rings. The van der Waals surface area contributed by atoms with Crippen molar-refractivity contribution in [3.63, 3.8) is 0 Å². The first-order valence-electron chi connectivity index (χ1n) is 11.1. The smallest absolute Gasteiger partial charge is 0.221 e. The maximum Gasteiger partial charge on any atom is 0.221 e. The quantitative estimate of drug-likeness (QED) is 0.660. The van der Waals surface area contributed by atoms with Crippen LogP contribution in [0.5, 0.6) is 11.6 Å². The minimum Gasteiger partial charge on any atom is -0.507 e. The third-order valence-corrected chi connectivity index (χ3v) is 8.02. The Labute approximate surface area is 164 Å². The van der Waals surface area contributed by atoms with Crippen molar-refractivity contribution < 1.29 is 9.84 Å². The van der Waals surface area contributed by atoms with Crippen molar-refractivity contribution in [2.45, 2.75) is 103 Å². The van der Waals surface area contributed by atoms with Crippen molar-refractivity contribution in [2.24, 2.45) is 17.8 Å². The van der Waals surface area contributed by atoms with Crippen LogP contribution < -0.4 is 4.74 Å². The normalized spacial score (nSPS) is 30.9. The number of hydrogen-bond acceptors (Lipinski definition) is 3. The van der Waals surface area contributed by atoms with Crippen LogP contribution in [0.2, 0.25) is 0 Å². The van der Waals surface area contributed by atoms with E-state index in [0.717, 1.165) is 17.7 Å². The molecule has 0 aromatic carbocycles. The maximum atomic E-state index is 11.1. The summed E-state index contributed by atoms with van der Waals surface area (Å²) in [5, 5.41) is 11.1. The van der Waals surface area contributed by atoms with E-state index in [1.807, 2.05) is 6.07 Å². The van der Waals surface area contributed by atoms with E-state index in [-0.39, 0.29) is 11.0 Å². The first kappa shape index (κ1) is 19.1. The van der Waals surface area contributed by atoms with Crippen LogP contribution in [-0.4, -0.2) is 15.7 Å². The van der Waals surface area contributed by atoms with Crippen molar-refractivity contribution in [2.75, 3.05) is 0 Å². The number of hydrogen-bond donors (Lipinski definition) is 1. The molecular formula is C24H37NO2. The first-order chi connectivity index (χ1) is 12.7. The van der Waals surface area contributed by atoms with E-state index in [1.54, 1.807) is 0 Å². The molecular weight excluding hydrogens is 334 g/mol. The summed E-state index contributed by atoms with van der Waals surface area (Å²) >= 11 is 0. The molecule has 1 aromatic heterocycles. The lowest BCUT2D eigenvalue weighted by atomic mass is 9.64. The molecule has 2 fully saturated rings. The summed E-state index contributed by atoms with van der Waals surface area (Å²) in [6.45, 7) is 11.4. The van der Waals surface area contributed by atoms with Gasteiger partial charge in [0.15, 0.2) is 0 Å². The lowest BCUT2D eigenvalue weighted by molar-refractivity contribution is -0.0191. The molecule has 3 heteroatoms. The Hall–Kier alpha value is -1.25. The van der Waals surface area contributed by atoms with Crippen molar-refractivity contribution in [3.05, 3.63) is 17.3 Å². The molecule has 3 nitrogen and oxygen atoms in total. The van der Waals surface area contributed by atoms with Crippen LogP contribution in [0.25, 0.3) is 0 Å². The molecule has 0 bridgehead atoms. The molecule has 3 aliphatic rings. The predicted molar refractivity (Wildman–Crippen MR) is 109 cm³/mol. The van der Waals surface area contributed by atoms with Gasteiger partial charge in [-0.1, -0.05) is 46.5 Å². The minimum atomic E-state index is -0.217. The number of ether oxygens (including phenoxy) is 1. The van der Waals surface area contributed by atoms with E-state index < -0.39 is 0 Å². The summed E-state index contributed by atoms with van der Waals surface area (Å²) < 4.78 is 6.46. The third kappa shape index (κ3) is 3.25. The Morgan fingerprint density at radius 2 is 1.81 bits per heavy atom. The second kappa shape index (κ2) is 6.67.